The van der Waals surface area contributed by atoms with Crippen LogP contribution in [0.15, 0.2) is 64.5 Å². The van der Waals surface area contributed by atoms with E-state index in [-0.39, 0.29) is 11.5 Å². The van der Waals surface area contributed by atoms with E-state index in [2.05, 4.69) is 15.6 Å². The van der Waals surface area contributed by atoms with Crippen molar-refractivity contribution in [1.29, 1.82) is 0 Å². The van der Waals surface area contributed by atoms with Crippen LogP contribution >= 0.6 is 11.6 Å². The molecule has 0 fully saturated rings. The first kappa shape index (κ1) is 16.4. The van der Waals surface area contributed by atoms with Gasteiger partial charge in [-0.25, -0.2) is 10.1 Å². The Balaban J connectivity index is 1.62. The SMILES string of the molecule is O=C1CCC(c2ccc(-c3cc(=O)n(-c4ccc(Cl)cc4)[nH]3)cc2)=NN1. The Labute approximate surface area is 154 Å². The van der Waals surface area contributed by atoms with Crippen LogP contribution in [0.1, 0.15) is 18.4 Å². The Morgan fingerprint density at radius 3 is 2.27 bits per heavy atom. The molecular weight excluding hydrogens is 352 g/mol. The van der Waals surface area contributed by atoms with Gasteiger partial charge in [0.15, 0.2) is 0 Å². The maximum atomic E-state index is 12.3. The molecule has 7 heteroatoms. The van der Waals surface area contributed by atoms with E-state index in [0.29, 0.717) is 17.9 Å². The summed E-state index contributed by atoms with van der Waals surface area (Å²) in [5.74, 6) is -0.0634. The van der Waals surface area contributed by atoms with Crippen molar-refractivity contribution < 1.29 is 4.79 Å². The molecule has 0 spiro atoms. The molecule has 26 heavy (non-hydrogen) atoms. The van der Waals surface area contributed by atoms with Gasteiger partial charge in [0, 0.05) is 23.9 Å². The zero-order valence-electron chi connectivity index (χ0n) is 13.7. The minimum absolute atomic E-state index is 0.0634. The molecule has 1 aromatic heterocycles. The molecule has 0 unspecified atom stereocenters. The summed E-state index contributed by atoms with van der Waals surface area (Å²) < 4.78 is 1.47. The third kappa shape index (κ3) is 3.19. The van der Waals surface area contributed by atoms with E-state index in [1.807, 2.05) is 24.3 Å². The van der Waals surface area contributed by atoms with Crippen molar-refractivity contribution in [3.05, 3.63) is 75.5 Å². The van der Waals surface area contributed by atoms with Crippen LogP contribution in [0.3, 0.4) is 0 Å². The molecule has 130 valence electrons. The van der Waals surface area contributed by atoms with Gasteiger partial charge in [-0.15, -0.1) is 0 Å². The average Bonchev–Trinajstić information content (AvgIpc) is 3.05. The summed E-state index contributed by atoms with van der Waals surface area (Å²) in [6.45, 7) is 0. The molecule has 0 aliphatic carbocycles. The van der Waals surface area contributed by atoms with Crippen molar-refractivity contribution in [3.63, 3.8) is 0 Å². The Bertz CT molecular complexity index is 1050. The molecule has 0 saturated carbocycles. The molecule has 0 bridgehead atoms. The summed E-state index contributed by atoms with van der Waals surface area (Å²) in [5, 5.41) is 7.82. The number of nitrogens with one attached hydrogen (secondary N) is 2. The van der Waals surface area contributed by atoms with Gasteiger partial charge in [0.1, 0.15) is 0 Å². The summed E-state index contributed by atoms with van der Waals surface area (Å²) in [5.41, 5.74) is 6.48. The van der Waals surface area contributed by atoms with Crippen LogP contribution in [-0.2, 0) is 4.79 Å². The fraction of sp³-hybridized carbons (Fsp3) is 0.105. The number of benzene rings is 2. The maximum Gasteiger partial charge on any atom is 0.271 e. The van der Waals surface area contributed by atoms with Crippen LogP contribution < -0.4 is 11.0 Å². The van der Waals surface area contributed by atoms with Gasteiger partial charge in [0.25, 0.3) is 5.56 Å². The Kier molecular flexibility index (Phi) is 4.18. The minimum Gasteiger partial charge on any atom is -0.290 e. The third-order valence-electron chi connectivity index (χ3n) is 4.24. The quantitative estimate of drug-likeness (QED) is 0.747. The first-order chi connectivity index (χ1) is 12.6. The van der Waals surface area contributed by atoms with Crippen LogP contribution in [0.4, 0.5) is 0 Å². The molecule has 1 amide bonds. The number of rotatable bonds is 3. The number of hydrogen-bond acceptors (Lipinski definition) is 3. The highest BCUT2D eigenvalue weighted by Gasteiger charge is 2.13. The van der Waals surface area contributed by atoms with Crippen molar-refractivity contribution in [2.75, 3.05) is 0 Å². The lowest BCUT2D eigenvalue weighted by molar-refractivity contribution is -0.121. The molecule has 3 aromatic rings. The molecular formula is C19H15ClN4O2. The van der Waals surface area contributed by atoms with Gasteiger partial charge in [-0.1, -0.05) is 35.9 Å². The number of hydrazone groups is 1. The number of amides is 1. The van der Waals surface area contributed by atoms with Gasteiger partial charge in [-0.3, -0.25) is 14.7 Å². The predicted octanol–water partition coefficient (Wildman–Crippen LogP) is 3.10. The van der Waals surface area contributed by atoms with E-state index >= 15 is 0 Å². The molecule has 0 saturated heterocycles. The first-order valence-corrected chi connectivity index (χ1v) is 8.52. The number of H-pyrrole nitrogens is 1. The molecule has 0 atom stereocenters. The number of nitrogens with zero attached hydrogens (tertiary/aromatic N) is 2. The molecule has 1 aliphatic rings. The van der Waals surface area contributed by atoms with Crippen LogP contribution in [-0.4, -0.2) is 21.4 Å². The van der Waals surface area contributed by atoms with Gasteiger partial charge in [-0.2, -0.15) is 5.10 Å². The summed E-state index contributed by atoms with van der Waals surface area (Å²) >= 11 is 5.90. The van der Waals surface area contributed by atoms with Gasteiger partial charge in [-0.05, 0) is 35.4 Å². The van der Waals surface area contributed by atoms with E-state index in [4.69, 9.17) is 11.6 Å². The predicted molar refractivity (Wildman–Crippen MR) is 101 cm³/mol. The standard InChI is InChI=1S/C19H15ClN4O2/c20-14-5-7-15(8-6-14)24-19(26)11-17(23-24)13-3-1-12(2-4-13)16-9-10-18(25)22-21-16/h1-8,11,23H,9-10H2,(H,22,25). The second kappa shape index (κ2) is 6.65. The summed E-state index contributed by atoms with van der Waals surface area (Å²) in [6, 6.07) is 16.3. The van der Waals surface area contributed by atoms with E-state index in [0.717, 1.165) is 28.2 Å². The van der Waals surface area contributed by atoms with Crippen molar-refractivity contribution in [3.8, 4) is 16.9 Å². The van der Waals surface area contributed by atoms with Gasteiger partial charge in [0.05, 0.1) is 17.1 Å². The van der Waals surface area contributed by atoms with E-state index < -0.39 is 0 Å². The highest BCUT2D eigenvalue weighted by molar-refractivity contribution is 6.30. The van der Waals surface area contributed by atoms with Crippen LogP contribution in [0.25, 0.3) is 16.9 Å². The number of carbonyl (C=O) groups excluding carboxylic acids is 1. The first-order valence-electron chi connectivity index (χ1n) is 8.14. The number of aromatic nitrogens is 2. The molecule has 1 aliphatic heterocycles. The van der Waals surface area contributed by atoms with Crippen LogP contribution in [0, 0.1) is 0 Å². The zero-order chi connectivity index (χ0) is 18.1. The van der Waals surface area contributed by atoms with E-state index in [1.165, 1.54) is 4.68 Å². The molecule has 2 heterocycles. The fourth-order valence-corrected chi connectivity index (χ4v) is 2.98. The highest BCUT2D eigenvalue weighted by Crippen LogP contribution is 2.19. The second-order valence-electron chi connectivity index (χ2n) is 5.99. The summed E-state index contributed by atoms with van der Waals surface area (Å²) in [7, 11) is 0. The lowest BCUT2D eigenvalue weighted by Gasteiger charge is -2.12. The average molecular weight is 367 g/mol. The van der Waals surface area contributed by atoms with Crippen molar-refractivity contribution in [1.82, 2.24) is 15.2 Å². The smallest absolute Gasteiger partial charge is 0.271 e. The van der Waals surface area contributed by atoms with Crippen molar-refractivity contribution >= 4 is 23.2 Å². The highest BCUT2D eigenvalue weighted by atomic mass is 35.5. The fourth-order valence-electron chi connectivity index (χ4n) is 2.85. The summed E-state index contributed by atoms with van der Waals surface area (Å²) in [4.78, 5) is 23.5. The molecule has 0 radical (unpaired) electrons. The second-order valence-corrected chi connectivity index (χ2v) is 6.43. The van der Waals surface area contributed by atoms with Crippen LogP contribution in [0.2, 0.25) is 5.02 Å². The van der Waals surface area contributed by atoms with Gasteiger partial charge >= 0.3 is 0 Å². The van der Waals surface area contributed by atoms with Gasteiger partial charge in [0.2, 0.25) is 5.91 Å². The Hall–Kier alpha value is -3.12. The van der Waals surface area contributed by atoms with Crippen molar-refractivity contribution in [2.45, 2.75) is 12.8 Å². The Morgan fingerprint density at radius 2 is 1.62 bits per heavy atom. The normalized spacial score (nSPS) is 14.0. The Morgan fingerprint density at radius 1 is 0.923 bits per heavy atom. The molecule has 2 N–H and O–H groups in total. The largest absolute Gasteiger partial charge is 0.290 e. The number of halogens is 1. The maximum absolute atomic E-state index is 12.3. The lowest BCUT2D eigenvalue weighted by atomic mass is 10.0. The molecule has 2 aromatic carbocycles. The zero-order valence-corrected chi connectivity index (χ0v) is 14.5. The summed E-state index contributed by atoms with van der Waals surface area (Å²) in [6.07, 6.45) is 1.06. The number of aromatic amines is 1. The molecule has 4 rings (SSSR count). The van der Waals surface area contributed by atoms with Gasteiger partial charge < -0.3 is 0 Å². The lowest BCUT2D eigenvalue weighted by Crippen LogP contribution is -2.25. The van der Waals surface area contributed by atoms with E-state index in [1.54, 1.807) is 30.3 Å². The molecule has 6 nitrogen and oxygen atoms in total. The van der Waals surface area contributed by atoms with E-state index in [9.17, 15) is 9.59 Å². The number of hydrogen-bond donors (Lipinski definition) is 2. The number of carbonyl (C=O) groups is 1. The third-order valence-corrected chi connectivity index (χ3v) is 4.49. The van der Waals surface area contributed by atoms with Crippen LogP contribution in [0.5, 0.6) is 0 Å². The topological polar surface area (TPSA) is 79.2 Å². The monoisotopic (exact) mass is 366 g/mol. The minimum atomic E-state index is -0.147. The van der Waals surface area contributed by atoms with Crippen molar-refractivity contribution in [2.24, 2.45) is 5.10 Å².